The molecule has 1 aliphatic rings. The fraction of sp³-hybridized carbons (Fsp3) is 0.529. The van der Waals surface area contributed by atoms with E-state index >= 15 is 0 Å². The van der Waals surface area contributed by atoms with E-state index in [1.165, 1.54) is 0 Å². The van der Waals surface area contributed by atoms with E-state index in [1.807, 2.05) is 12.3 Å². The highest BCUT2D eigenvalue weighted by Gasteiger charge is 2.24. The summed E-state index contributed by atoms with van der Waals surface area (Å²) in [5.41, 5.74) is 1.98. The van der Waals surface area contributed by atoms with Gasteiger partial charge in [-0.15, -0.1) is 0 Å². The fourth-order valence-electron chi connectivity index (χ4n) is 3.32. The lowest BCUT2D eigenvalue weighted by Crippen LogP contribution is -2.29. The van der Waals surface area contributed by atoms with E-state index in [9.17, 15) is 9.90 Å². The van der Waals surface area contributed by atoms with E-state index in [0.29, 0.717) is 18.1 Å². The molecule has 1 saturated carbocycles. The van der Waals surface area contributed by atoms with Crippen LogP contribution < -0.4 is 5.32 Å². The predicted octanol–water partition coefficient (Wildman–Crippen LogP) is 2.70. The van der Waals surface area contributed by atoms with Gasteiger partial charge >= 0.3 is 5.97 Å². The smallest absolute Gasteiger partial charge is 0.341 e. The number of anilines is 1. The number of H-pyrrole nitrogens is 1. The molecule has 124 valence electrons. The summed E-state index contributed by atoms with van der Waals surface area (Å²) < 4.78 is 5.16. The molecule has 0 unspecified atom stereocenters. The Kier molecular flexibility index (Phi) is 4.81. The number of carbonyl (C=O) groups is 1. The van der Waals surface area contributed by atoms with Crippen LogP contribution in [0.1, 0.15) is 43.0 Å². The second kappa shape index (κ2) is 7.00. The third-order valence-electron chi connectivity index (χ3n) is 4.47. The van der Waals surface area contributed by atoms with Crippen LogP contribution in [0.3, 0.4) is 0 Å². The summed E-state index contributed by atoms with van der Waals surface area (Å²) in [4.78, 5) is 19.6. The molecular formula is C17H23N3O3. The van der Waals surface area contributed by atoms with Crippen LogP contribution in [0.15, 0.2) is 18.5 Å². The van der Waals surface area contributed by atoms with Crippen molar-refractivity contribution in [1.29, 1.82) is 0 Å². The first-order chi connectivity index (χ1) is 11.2. The Morgan fingerprint density at radius 1 is 1.52 bits per heavy atom. The number of nitrogens with zero attached hydrogens (tertiary/aromatic N) is 1. The molecule has 2 aromatic heterocycles. The van der Waals surface area contributed by atoms with Crippen LogP contribution in [0, 0.1) is 5.92 Å². The molecule has 1 fully saturated rings. The van der Waals surface area contributed by atoms with E-state index in [4.69, 9.17) is 4.74 Å². The van der Waals surface area contributed by atoms with Crippen molar-refractivity contribution in [3.63, 3.8) is 0 Å². The number of esters is 1. The minimum Gasteiger partial charge on any atom is -0.462 e. The number of nitrogens with one attached hydrogen (secondary N) is 2. The predicted molar refractivity (Wildman–Crippen MR) is 88.5 cm³/mol. The molecule has 0 saturated heterocycles. The second-order valence-electron chi connectivity index (χ2n) is 6.06. The van der Waals surface area contributed by atoms with Gasteiger partial charge in [0, 0.05) is 30.4 Å². The molecule has 0 aromatic carbocycles. The molecule has 2 aromatic rings. The summed E-state index contributed by atoms with van der Waals surface area (Å²) in [7, 11) is 0. The van der Waals surface area contributed by atoms with E-state index < -0.39 is 0 Å². The standard InChI is InChI=1S/C17H23N3O3/c1-2-23-17(22)14-9-19-16-13(6-7-18-16)15(14)20-12-5-3-4-11(8-12)10-21/h6-7,9,11-12,21H,2-5,8,10H2,1H3,(H2,18,19,20)/t11-,12+/m0/s1. The van der Waals surface area contributed by atoms with Crippen molar-refractivity contribution in [3.8, 4) is 0 Å². The molecule has 6 nitrogen and oxygen atoms in total. The minimum atomic E-state index is -0.361. The Morgan fingerprint density at radius 2 is 2.39 bits per heavy atom. The Labute approximate surface area is 135 Å². The number of hydrogen-bond donors (Lipinski definition) is 3. The number of carbonyl (C=O) groups excluding carboxylic acids is 1. The van der Waals surface area contributed by atoms with Gasteiger partial charge in [0.25, 0.3) is 0 Å². The maximum atomic E-state index is 12.2. The lowest BCUT2D eigenvalue weighted by molar-refractivity contribution is 0.0527. The van der Waals surface area contributed by atoms with Crippen molar-refractivity contribution in [2.75, 3.05) is 18.5 Å². The molecule has 1 aliphatic carbocycles. The molecule has 6 heteroatoms. The van der Waals surface area contributed by atoms with Gasteiger partial charge in [0.05, 0.1) is 12.3 Å². The van der Waals surface area contributed by atoms with Crippen LogP contribution in [0.4, 0.5) is 5.69 Å². The van der Waals surface area contributed by atoms with E-state index in [2.05, 4.69) is 15.3 Å². The Hall–Kier alpha value is -2.08. The van der Waals surface area contributed by atoms with Gasteiger partial charge in [-0.2, -0.15) is 0 Å². The largest absolute Gasteiger partial charge is 0.462 e. The first-order valence-corrected chi connectivity index (χ1v) is 8.23. The SMILES string of the molecule is CCOC(=O)c1cnc2[nH]ccc2c1N[C@@H]1CCC[C@H](CO)C1. The molecule has 23 heavy (non-hydrogen) atoms. The zero-order chi connectivity index (χ0) is 16.2. The molecule has 0 bridgehead atoms. The molecular weight excluding hydrogens is 294 g/mol. The molecule has 2 atom stereocenters. The average molecular weight is 317 g/mol. The van der Waals surface area contributed by atoms with Crippen molar-refractivity contribution in [1.82, 2.24) is 9.97 Å². The van der Waals surface area contributed by atoms with Crippen molar-refractivity contribution in [2.45, 2.75) is 38.6 Å². The maximum absolute atomic E-state index is 12.2. The van der Waals surface area contributed by atoms with E-state index in [0.717, 1.165) is 42.4 Å². The third-order valence-corrected chi connectivity index (χ3v) is 4.47. The van der Waals surface area contributed by atoms with E-state index in [-0.39, 0.29) is 18.6 Å². The van der Waals surface area contributed by atoms with Crippen LogP contribution in [0.2, 0.25) is 0 Å². The monoisotopic (exact) mass is 317 g/mol. The molecule has 0 aliphatic heterocycles. The summed E-state index contributed by atoms with van der Waals surface area (Å²) >= 11 is 0. The van der Waals surface area contributed by atoms with Gasteiger partial charge in [-0.25, -0.2) is 9.78 Å². The highest BCUT2D eigenvalue weighted by Crippen LogP contribution is 2.31. The van der Waals surface area contributed by atoms with Crippen molar-refractivity contribution in [3.05, 3.63) is 24.0 Å². The molecule has 0 spiro atoms. The normalized spacial score (nSPS) is 21.3. The minimum absolute atomic E-state index is 0.221. The number of hydrogen-bond acceptors (Lipinski definition) is 5. The van der Waals surface area contributed by atoms with Gasteiger partial charge in [0.2, 0.25) is 0 Å². The first kappa shape index (κ1) is 15.8. The number of fused-ring (bicyclic) bond motifs is 1. The fourth-order valence-corrected chi connectivity index (χ4v) is 3.32. The van der Waals surface area contributed by atoms with Gasteiger partial charge in [-0.05, 0) is 38.2 Å². The Morgan fingerprint density at radius 3 is 3.17 bits per heavy atom. The summed E-state index contributed by atoms with van der Waals surface area (Å²) in [5.74, 6) is -0.0315. The highest BCUT2D eigenvalue weighted by molar-refractivity contribution is 6.04. The zero-order valence-electron chi connectivity index (χ0n) is 13.3. The first-order valence-electron chi connectivity index (χ1n) is 8.23. The average Bonchev–Trinajstić information content (AvgIpc) is 3.04. The number of ether oxygens (including phenoxy) is 1. The number of pyridine rings is 1. The number of rotatable bonds is 5. The lowest BCUT2D eigenvalue weighted by Gasteiger charge is -2.30. The van der Waals surface area contributed by atoms with Crippen molar-refractivity contribution < 1.29 is 14.6 Å². The topological polar surface area (TPSA) is 87.2 Å². The van der Waals surface area contributed by atoms with Gasteiger partial charge in [0.15, 0.2) is 0 Å². The molecule has 0 radical (unpaired) electrons. The van der Waals surface area contributed by atoms with Crippen LogP contribution in [-0.4, -0.2) is 40.3 Å². The quantitative estimate of drug-likeness (QED) is 0.738. The summed E-state index contributed by atoms with van der Waals surface area (Å²) in [6.07, 6.45) is 7.47. The Bertz CT molecular complexity index is 683. The number of aliphatic hydroxyl groups is 1. The van der Waals surface area contributed by atoms with E-state index in [1.54, 1.807) is 13.1 Å². The van der Waals surface area contributed by atoms with Crippen LogP contribution >= 0.6 is 0 Å². The number of aromatic nitrogens is 2. The summed E-state index contributed by atoms with van der Waals surface area (Å²) in [5, 5.41) is 13.8. The van der Waals surface area contributed by atoms with Gasteiger partial charge < -0.3 is 20.1 Å². The summed E-state index contributed by atoms with van der Waals surface area (Å²) in [6, 6.07) is 2.16. The lowest BCUT2D eigenvalue weighted by atomic mass is 9.86. The van der Waals surface area contributed by atoms with Crippen molar-refractivity contribution >= 4 is 22.7 Å². The molecule has 3 rings (SSSR count). The van der Waals surface area contributed by atoms with Crippen LogP contribution in [0.5, 0.6) is 0 Å². The summed E-state index contributed by atoms with van der Waals surface area (Å²) in [6.45, 7) is 2.35. The zero-order valence-corrected chi connectivity index (χ0v) is 13.3. The van der Waals surface area contributed by atoms with Crippen LogP contribution in [-0.2, 0) is 4.74 Å². The molecule has 0 amide bonds. The van der Waals surface area contributed by atoms with Crippen LogP contribution in [0.25, 0.3) is 11.0 Å². The third kappa shape index (κ3) is 3.32. The number of aromatic amines is 1. The van der Waals surface area contributed by atoms with Gasteiger partial charge in [0.1, 0.15) is 11.2 Å². The Balaban J connectivity index is 1.92. The van der Waals surface area contributed by atoms with Gasteiger partial charge in [-0.3, -0.25) is 0 Å². The van der Waals surface area contributed by atoms with Crippen molar-refractivity contribution in [2.24, 2.45) is 5.92 Å². The maximum Gasteiger partial charge on any atom is 0.341 e. The second-order valence-corrected chi connectivity index (χ2v) is 6.06. The highest BCUT2D eigenvalue weighted by atomic mass is 16.5. The van der Waals surface area contributed by atoms with Gasteiger partial charge in [-0.1, -0.05) is 6.42 Å². The number of aliphatic hydroxyl groups excluding tert-OH is 1. The molecule has 3 N–H and O–H groups in total. The molecule has 2 heterocycles.